The van der Waals surface area contributed by atoms with Crippen LogP contribution in [0.25, 0.3) is 0 Å². The van der Waals surface area contributed by atoms with Gasteiger partial charge in [-0.15, -0.1) is 0 Å². The molecule has 1 saturated heterocycles. The number of nitrogens with one attached hydrogen (secondary N) is 1. The third-order valence-corrected chi connectivity index (χ3v) is 6.15. The highest BCUT2D eigenvalue weighted by Gasteiger charge is 2.32. The summed E-state index contributed by atoms with van der Waals surface area (Å²) in [7, 11) is 0. The number of hydrogen-bond donors (Lipinski definition) is 1. The van der Waals surface area contributed by atoms with Crippen molar-refractivity contribution >= 4 is 23.4 Å². The molecule has 0 spiro atoms. The van der Waals surface area contributed by atoms with Crippen LogP contribution >= 0.6 is 11.6 Å². The Labute approximate surface area is 189 Å². The number of carbonyl (C=O) groups excluding carboxylic acids is 2. The number of halogens is 1. The maximum atomic E-state index is 13.2. The lowest BCUT2D eigenvalue weighted by molar-refractivity contribution is -0.135. The molecule has 0 aromatic heterocycles. The summed E-state index contributed by atoms with van der Waals surface area (Å²) in [4.78, 5) is 28.0. The highest BCUT2D eigenvalue weighted by atomic mass is 35.5. The van der Waals surface area contributed by atoms with Crippen LogP contribution in [0.5, 0.6) is 0 Å². The van der Waals surface area contributed by atoms with E-state index in [4.69, 9.17) is 16.9 Å². The fraction of sp³-hybridized carbons (Fsp3) is 0.400. The number of likely N-dealkylation sites (tertiary alicyclic amines) is 1. The predicted molar refractivity (Wildman–Crippen MR) is 122 cm³/mol. The summed E-state index contributed by atoms with van der Waals surface area (Å²) in [5.74, 6) is 0.00412. The maximum Gasteiger partial charge on any atom is 0.252 e. The lowest BCUT2D eigenvalue weighted by Gasteiger charge is -2.35. The minimum atomic E-state index is -0.602. The van der Waals surface area contributed by atoms with Crippen molar-refractivity contribution in [3.8, 4) is 6.07 Å². The number of carbonyl (C=O) groups is 2. The molecular formula is C25H28ClN3O2. The Morgan fingerprint density at radius 3 is 2.39 bits per heavy atom. The van der Waals surface area contributed by atoms with E-state index in [2.05, 4.69) is 23.5 Å². The Balaban J connectivity index is 1.65. The van der Waals surface area contributed by atoms with Gasteiger partial charge in [-0.25, -0.2) is 0 Å². The van der Waals surface area contributed by atoms with Crippen LogP contribution in [0.15, 0.2) is 48.5 Å². The van der Waals surface area contributed by atoms with Gasteiger partial charge in [0.05, 0.1) is 12.5 Å². The van der Waals surface area contributed by atoms with Gasteiger partial charge in [0.1, 0.15) is 6.04 Å². The Hall–Kier alpha value is -2.84. The van der Waals surface area contributed by atoms with Crippen LogP contribution in [-0.2, 0) is 11.2 Å². The maximum absolute atomic E-state index is 13.2. The summed E-state index contributed by atoms with van der Waals surface area (Å²) in [5.41, 5.74) is 2.37. The number of nitriles is 1. The van der Waals surface area contributed by atoms with Crippen LogP contribution in [0.4, 0.5) is 0 Å². The molecule has 2 aromatic rings. The van der Waals surface area contributed by atoms with Crippen LogP contribution < -0.4 is 5.32 Å². The van der Waals surface area contributed by atoms with Crippen molar-refractivity contribution in [3.05, 3.63) is 70.2 Å². The molecule has 2 amide bonds. The highest BCUT2D eigenvalue weighted by Crippen LogP contribution is 2.29. The first-order valence-corrected chi connectivity index (χ1v) is 11.1. The van der Waals surface area contributed by atoms with E-state index >= 15 is 0 Å². The molecule has 1 heterocycles. The molecule has 2 aromatic carbocycles. The van der Waals surface area contributed by atoms with Crippen molar-refractivity contribution in [2.45, 2.75) is 45.1 Å². The summed E-state index contributed by atoms with van der Waals surface area (Å²) in [5, 5.41) is 12.7. The average Bonchev–Trinajstić information content (AvgIpc) is 2.78. The average molecular weight is 438 g/mol. The van der Waals surface area contributed by atoms with Crippen molar-refractivity contribution in [1.82, 2.24) is 10.2 Å². The quantitative estimate of drug-likeness (QED) is 0.719. The molecule has 3 rings (SSSR count). The largest absolute Gasteiger partial charge is 0.341 e. The lowest BCUT2D eigenvalue weighted by atomic mass is 9.89. The molecule has 0 aliphatic carbocycles. The topological polar surface area (TPSA) is 73.2 Å². The van der Waals surface area contributed by atoms with E-state index in [1.807, 2.05) is 30.9 Å². The third-order valence-electron chi connectivity index (χ3n) is 5.90. The van der Waals surface area contributed by atoms with E-state index in [0.717, 1.165) is 17.9 Å². The SMILES string of the molecule is CC(C)[C@@H](NC(=O)c1ccccc1CC#N)C(=O)N1CCC(c2ccc(Cl)cc2)CC1. The third kappa shape index (κ3) is 5.65. The van der Waals surface area contributed by atoms with Crippen LogP contribution in [0.2, 0.25) is 5.02 Å². The number of hydrogen-bond acceptors (Lipinski definition) is 3. The van der Waals surface area contributed by atoms with Crippen LogP contribution in [-0.4, -0.2) is 35.8 Å². The van der Waals surface area contributed by atoms with Gasteiger partial charge in [-0.2, -0.15) is 5.26 Å². The number of benzene rings is 2. The van der Waals surface area contributed by atoms with E-state index in [1.54, 1.807) is 24.3 Å². The molecule has 5 nitrogen and oxygen atoms in total. The highest BCUT2D eigenvalue weighted by molar-refractivity contribution is 6.30. The fourth-order valence-electron chi connectivity index (χ4n) is 4.08. The number of piperidine rings is 1. The van der Waals surface area contributed by atoms with E-state index in [-0.39, 0.29) is 24.2 Å². The molecule has 0 bridgehead atoms. The van der Waals surface area contributed by atoms with Crippen LogP contribution in [0.3, 0.4) is 0 Å². The van der Waals surface area contributed by atoms with E-state index in [9.17, 15) is 9.59 Å². The molecule has 162 valence electrons. The minimum Gasteiger partial charge on any atom is -0.341 e. The van der Waals surface area contributed by atoms with Gasteiger partial charge in [0, 0.05) is 23.7 Å². The van der Waals surface area contributed by atoms with Crippen LogP contribution in [0.1, 0.15) is 54.1 Å². The lowest BCUT2D eigenvalue weighted by Crippen LogP contribution is -2.53. The van der Waals surface area contributed by atoms with Crippen molar-refractivity contribution < 1.29 is 9.59 Å². The summed E-state index contributed by atoms with van der Waals surface area (Å²) < 4.78 is 0. The Morgan fingerprint density at radius 1 is 1.13 bits per heavy atom. The standard InChI is InChI=1S/C25H28ClN3O2/c1-17(2)23(28-24(30)22-6-4-3-5-20(22)11-14-27)25(31)29-15-12-19(13-16-29)18-7-9-21(26)10-8-18/h3-10,17,19,23H,11-13,15-16H2,1-2H3,(H,28,30)/t23-/m1/s1. The molecule has 0 unspecified atom stereocenters. The number of nitrogens with zero attached hydrogens (tertiary/aromatic N) is 2. The van der Waals surface area contributed by atoms with Crippen molar-refractivity contribution in [2.75, 3.05) is 13.1 Å². The second-order valence-electron chi connectivity index (χ2n) is 8.34. The summed E-state index contributed by atoms with van der Waals surface area (Å²) in [6, 6.07) is 16.4. The first-order chi connectivity index (χ1) is 14.9. The van der Waals surface area contributed by atoms with Gasteiger partial charge in [0.15, 0.2) is 0 Å². The van der Waals surface area contributed by atoms with Gasteiger partial charge >= 0.3 is 0 Å². The van der Waals surface area contributed by atoms with Gasteiger partial charge < -0.3 is 10.2 Å². The molecule has 31 heavy (non-hydrogen) atoms. The van der Waals surface area contributed by atoms with Gasteiger partial charge in [-0.3, -0.25) is 9.59 Å². The minimum absolute atomic E-state index is 0.0457. The molecule has 0 saturated carbocycles. The molecule has 1 aliphatic heterocycles. The molecule has 1 N–H and O–H groups in total. The zero-order valence-electron chi connectivity index (χ0n) is 18.0. The van der Waals surface area contributed by atoms with Gasteiger partial charge in [0.25, 0.3) is 5.91 Å². The molecular weight excluding hydrogens is 410 g/mol. The van der Waals surface area contributed by atoms with Gasteiger partial charge in [-0.05, 0) is 54.0 Å². The second kappa shape index (κ2) is 10.5. The zero-order chi connectivity index (χ0) is 22.4. The van der Waals surface area contributed by atoms with Gasteiger partial charge in [0.2, 0.25) is 5.91 Å². The fourth-order valence-corrected chi connectivity index (χ4v) is 4.20. The molecule has 0 radical (unpaired) electrons. The van der Waals surface area contributed by atoms with Crippen molar-refractivity contribution in [2.24, 2.45) is 5.92 Å². The zero-order valence-corrected chi connectivity index (χ0v) is 18.7. The summed E-state index contributed by atoms with van der Waals surface area (Å²) in [6.07, 6.45) is 1.93. The molecule has 1 fully saturated rings. The smallest absolute Gasteiger partial charge is 0.252 e. The second-order valence-corrected chi connectivity index (χ2v) is 8.77. The Morgan fingerprint density at radius 2 is 1.77 bits per heavy atom. The molecule has 1 aliphatic rings. The number of rotatable bonds is 6. The van der Waals surface area contributed by atoms with E-state index in [1.165, 1.54) is 5.56 Å². The first-order valence-electron chi connectivity index (χ1n) is 10.7. The number of amides is 2. The predicted octanol–water partition coefficient (Wildman–Crippen LogP) is 4.57. The molecule has 1 atom stereocenters. The monoisotopic (exact) mass is 437 g/mol. The van der Waals surface area contributed by atoms with E-state index < -0.39 is 6.04 Å². The summed E-state index contributed by atoms with van der Waals surface area (Å²) >= 11 is 5.99. The Kier molecular flexibility index (Phi) is 7.70. The Bertz CT molecular complexity index is 957. The first kappa shape index (κ1) is 22.8. The van der Waals surface area contributed by atoms with Crippen molar-refractivity contribution in [3.63, 3.8) is 0 Å². The van der Waals surface area contributed by atoms with Crippen LogP contribution in [0, 0.1) is 17.2 Å². The summed E-state index contributed by atoms with van der Waals surface area (Å²) in [6.45, 7) is 5.20. The van der Waals surface area contributed by atoms with Gasteiger partial charge in [-0.1, -0.05) is 55.8 Å². The van der Waals surface area contributed by atoms with E-state index in [0.29, 0.717) is 30.1 Å². The normalized spacial score (nSPS) is 15.4. The van der Waals surface area contributed by atoms with Crippen molar-refractivity contribution in [1.29, 1.82) is 5.26 Å². The molecule has 6 heteroatoms.